The molecule has 0 rings (SSSR count). The molecule has 0 bridgehead atoms. The average molecular weight is 212 g/mol. The molecule has 0 aliphatic heterocycles. The predicted molar refractivity (Wildman–Crippen MR) is 68.2 cm³/mol. The van der Waals surface area contributed by atoms with Crippen molar-refractivity contribution in [2.75, 3.05) is 0 Å². The summed E-state index contributed by atoms with van der Waals surface area (Å²) in [6.45, 7) is 11.5. The van der Waals surface area contributed by atoms with Gasteiger partial charge < -0.3 is 0 Å². The molecule has 0 atom stereocenters. The lowest BCUT2D eigenvalue weighted by Gasteiger charge is -2.08. The highest BCUT2D eigenvalue weighted by Crippen LogP contribution is 2.16. The van der Waals surface area contributed by atoms with Crippen LogP contribution in [0.1, 0.15) is 62.8 Å². The fourth-order valence-corrected chi connectivity index (χ4v) is 0.0791. The molecule has 0 aliphatic carbocycles. The Labute approximate surface area is 96.9 Å². The van der Waals surface area contributed by atoms with E-state index in [0.29, 0.717) is 0 Å². The van der Waals surface area contributed by atoms with Crippen molar-refractivity contribution >= 4 is 0 Å². The van der Waals surface area contributed by atoms with Gasteiger partial charge in [-0.1, -0.05) is 21.8 Å². The summed E-state index contributed by atoms with van der Waals surface area (Å²) in [5.74, 6) is 0. The Hall–Kier alpha value is -1.02. The van der Waals surface area contributed by atoms with Crippen LogP contribution in [0.5, 0.6) is 0 Å². The van der Waals surface area contributed by atoms with Crippen molar-refractivity contribution in [2.45, 2.75) is 62.8 Å². The van der Waals surface area contributed by atoms with Gasteiger partial charge in [-0.3, -0.25) is 0 Å². The molecule has 2 nitrogen and oxygen atoms in total. The molecule has 0 spiro atoms. The minimum Gasteiger partial charge on any atom is -0.198 e. The Kier molecular flexibility index (Phi) is 15.0. The van der Waals surface area contributed by atoms with Gasteiger partial charge in [-0.15, -0.1) is 0 Å². The van der Waals surface area contributed by atoms with Crippen molar-refractivity contribution < 1.29 is 0 Å². The van der Waals surface area contributed by atoms with E-state index in [4.69, 9.17) is 10.5 Å². The van der Waals surface area contributed by atoms with E-state index < -0.39 is 0 Å². The standard InChI is InChI=1S/C6H11N.C5H9N.2CH4/c1-4-6(2,3)5-7;1-5(2,3)4-6;;/h4H2,1-3H3;1-3H3;2*1H4. The fourth-order valence-electron chi connectivity index (χ4n) is 0.0791. The second-order valence-corrected chi connectivity index (χ2v) is 4.71. The number of rotatable bonds is 1. The Balaban J connectivity index is -0.0000000718. The first-order valence-corrected chi connectivity index (χ1v) is 4.51. The molecule has 0 saturated heterocycles. The lowest BCUT2D eigenvalue weighted by molar-refractivity contribution is 0.477. The molecule has 0 aromatic carbocycles. The Morgan fingerprint density at radius 3 is 1.13 bits per heavy atom. The molecule has 0 aliphatic rings. The van der Waals surface area contributed by atoms with Crippen molar-refractivity contribution in [3.63, 3.8) is 0 Å². The summed E-state index contributed by atoms with van der Waals surface area (Å²) >= 11 is 0. The summed E-state index contributed by atoms with van der Waals surface area (Å²) < 4.78 is 0. The monoisotopic (exact) mass is 212 g/mol. The molecule has 0 aromatic heterocycles. The third-order valence-corrected chi connectivity index (χ3v) is 1.52. The van der Waals surface area contributed by atoms with Crippen molar-refractivity contribution in [3.05, 3.63) is 0 Å². The molecule has 0 amide bonds. The Morgan fingerprint density at radius 2 is 1.13 bits per heavy atom. The third-order valence-electron chi connectivity index (χ3n) is 1.52. The van der Waals surface area contributed by atoms with E-state index >= 15 is 0 Å². The van der Waals surface area contributed by atoms with Gasteiger partial charge in [-0.05, 0) is 41.0 Å². The lowest BCUT2D eigenvalue weighted by Crippen LogP contribution is -2.03. The molecule has 0 fully saturated rings. The molecule has 0 aromatic rings. The Morgan fingerprint density at radius 1 is 0.867 bits per heavy atom. The quantitative estimate of drug-likeness (QED) is 0.628. The zero-order chi connectivity index (χ0) is 11.1. The second kappa shape index (κ2) is 9.53. The smallest absolute Gasteiger partial charge is 0.0683 e. The maximum absolute atomic E-state index is 8.34. The van der Waals surface area contributed by atoms with Crippen LogP contribution in [0.3, 0.4) is 0 Å². The van der Waals surface area contributed by atoms with Gasteiger partial charge >= 0.3 is 0 Å². The summed E-state index contributed by atoms with van der Waals surface area (Å²) in [6, 6.07) is 4.30. The van der Waals surface area contributed by atoms with Gasteiger partial charge in [0.05, 0.1) is 17.6 Å². The first kappa shape index (κ1) is 23.6. The number of nitrogens with zero attached hydrogens (tertiary/aromatic N) is 2. The highest BCUT2D eigenvalue weighted by atomic mass is 14.3. The molecule has 0 radical (unpaired) electrons. The lowest BCUT2D eigenvalue weighted by atomic mass is 9.93. The van der Waals surface area contributed by atoms with Crippen LogP contribution in [0.2, 0.25) is 0 Å². The van der Waals surface area contributed by atoms with Gasteiger partial charge in [0.1, 0.15) is 0 Å². The zero-order valence-corrected chi connectivity index (χ0v) is 9.60. The van der Waals surface area contributed by atoms with E-state index in [0.717, 1.165) is 6.42 Å². The van der Waals surface area contributed by atoms with E-state index in [9.17, 15) is 0 Å². The van der Waals surface area contributed by atoms with Crippen LogP contribution in [0.25, 0.3) is 0 Å². The van der Waals surface area contributed by atoms with Crippen molar-refractivity contribution in [1.29, 1.82) is 10.5 Å². The van der Waals surface area contributed by atoms with Crippen molar-refractivity contribution in [2.24, 2.45) is 10.8 Å². The van der Waals surface area contributed by atoms with Crippen LogP contribution in [0.15, 0.2) is 0 Å². The Bertz CT molecular complexity index is 208. The molecule has 90 valence electrons. The molecule has 0 unspecified atom stereocenters. The SMILES string of the molecule is C.C.CC(C)(C)C#N.CCC(C)(C)C#N. The first-order valence-electron chi connectivity index (χ1n) is 4.51. The van der Waals surface area contributed by atoms with Gasteiger partial charge in [-0.2, -0.15) is 10.5 Å². The highest BCUT2D eigenvalue weighted by molar-refractivity contribution is 4.89. The van der Waals surface area contributed by atoms with Crippen LogP contribution >= 0.6 is 0 Å². The molecule has 0 heterocycles. The summed E-state index contributed by atoms with van der Waals surface area (Å²) in [6.07, 6.45) is 0.934. The van der Waals surface area contributed by atoms with Crippen LogP contribution in [-0.4, -0.2) is 0 Å². The minimum atomic E-state index is -0.153. The minimum absolute atomic E-state index is 0. The molecule has 0 N–H and O–H groups in total. The zero-order valence-electron chi connectivity index (χ0n) is 9.60. The van der Waals surface area contributed by atoms with Crippen molar-refractivity contribution in [3.8, 4) is 12.1 Å². The van der Waals surface area contributed by atoms with Gasteiger partial charge in [0.2, 0.25) is 0 Å². The van der Waals surface area contributed by atoms with Crippen LogP contribution in [-0.2, 0) is 0 Å². The molecule has 0 saturated carbocycles. The first-order chi connectivity index (χ1) is 5.68. The summed E-state index contributed by atoms with van der Waals surface area (Å²) in [4.78, 5) is 0. The number of hydrogen-bond donors (Lipinski definition) is 0. The van der Waals surface area contributed by atoms with E-state index in [1.54, 1.807) is 0 Å². The maximum atomic E-state index is 8.34. The van der Waals surface area contributed by atoms with E-state index in [1.807, 2.05) is 41.5 Å². The van der Waals surface area contributed by atoms with Crippen LogP contribution in [0, 0.1) is 33.5 Å². The van der Waals surface area contributed by atoms with E-state index in [1.165, 1.54) is 0 Å². The normalized spacial score (nSPS) is 9.07. The molecule has 15 heavy (non-hydrogen) atoms. The van der Waals surface area contributed by atoms with E-state index in [2.05, 4.69) is 12.1 Å². The van der Waals surface area contributed by atoms with Gasteiger partial charge in [0, 0.05) is 5.41 Å². The average Bonchev–Trinajstić information content (AvgIpc) is 2.04. The summed E-state index contributed by atoms with van der Waals surface area (Å²) in [5, 5.41) is 16.5. The second-order valence-electron chi connectivity index (χ2n) is 4.71. The fraction of sp³-hybridized carbons (Fsp3) is 0.846. The number of nitriles is 2. The highest BCUT2D eigenvalue weighted by Gasteiger charge is 2.11. The third kappa shape index (κ3) is 24.6. The van der Waals surface area contributed by atoms with Crippen molar-refractivity contribution in [1.82, 2.24) is 0 Å². The van der Waals surface area contributed by atoms with Gasteiger partial charge in [0.15, 0.2) is 0 Å². The molecule has 2 heteroatoms. The maximum Gasteiger partial charge on any atom is 0.0683 e. The topological polar surface area (TPSA) is 47.6 Å². The number of hydrogen-bond acceptors (Lipinski definition) is 2. The van der Waals surface area contributed by atoms with Gasteiger partial charge in [-0.25, -0.2) is 0 Å². The van der Waals surface area contributed by atoms with E-state index in [-0.39, 0.29) is 25.7 Å². The van der Waals surface area contributed by atoms with Crippen LogP contribution < -0.4 is 0 Å². The summed E-state index contributed by atoms with van der Waals surface area (Å²) in [5.41, 5.74) is -0.264. The van der Waals surface area contributed by atoms with Crippen LogP contribution in [0.4, 0.5) is 0 Å². The summed E-state index contributed by atoms with van der Waals surface area (Å²) in [7, 11) is 0. The molecular weight excluding hydrogens is 184 g/mol. The van der Waals surface area contributed by atoms with Gasteiger partial charge in [0.25, 0.3) is 0 Å². The molecular formula is C13H28N2. The largest absolute Gasteiger partial charge is 0.198 e. The predicted octanol–water partition coefficient (Wildman–Crippen LogP) is 4.77.